The molecule has 2 aliphatic heterocycles. The molecule has 5 rings (SSSR count). The van der Waals surface area contributed by atoms with Crippen LogP contribution in [0.25, 0.3) is 0 Å². The number of fused-ring (bicyclic) bond motifs is 1. The smallest absolute Gasteiger partial charge is 0.322 e. The average molecular weight is 508 g/mol. The topological polar surface area (TPSA) is 79.8 Å². The van der Waals surface area contributed by atoms with Crippen molar-refractivity contribution in [1.29, 1.82) is 0 Å². The van der Waals surface area contributed by atoms with Gasteiger partial charge in [-0.05, 0) is 61.2 Å². The lowest BCUT2D eigenvalue weighted by Gasteiger charge is -2.33. The zero-order chi connectivity index (χ0) is 25.1. The Balaban J connectivity index is 1.42. The summed E-state index contributed by atoms with van der Waals surface area (Å²) in [5, 5.41) is 3.50. The minimum Gasteiger partial charge on any atom is -0.497 e. The highest BCUT2D eigenvalue weighted by Gasteiger charge is 2.29. The standard InChI is InChI=1S/C27H30ClN5O3/c1-18-10-13-32(14-11-18)26-30-24-12-15-33(27(34)29-20-5-3-4-19(28)16-20)17-23(24)25(31-26)36-22-8-6-21(35-2)7-9-22/h3-9,16,18H,10-15,17H2,1-2H3,(H,29,34). The number of benzene rings is 2. The number of rotatable bonds is 5. The Hall–Kier alpha value is -3.52. The minimum atomic E-state index is -0.201. The molecule has 0 radical (unpaired) electrons. The van der Waals surface area contributed by atoms with Crippen molar-refractivity contribution in [2.75, 3.05) is 37.0 Å². The number of amides is 2. The molecular weight excluding hydrogens is 478 g/mol. The molecule has 0 aliphatic carbocycles. The summed E-state index contributed by atoms with van der Waals surface area (Å²) in [6.45, 7) is 5.04. The van der Waals surface area contributed by atoms with Gasteiger partial charge in [0.1, 0.15) is 11.5 Å². The van der Waals surface area contributed by atoms with Crippen LogP contribution in [0.5, 0.6) is 17.4 Å². The van der Waals surface area contributed by atoms with Gasteiger partial charge in [0.05, 0.1) is 24.9 Å². The van der Waals surface area contributed by atoms with Crippen LogP contribution in [0.15, 0.2) is 48.5 Å². The zero-order valence-electron chi connectivity index (χ0n) is 20.5. The number of carbonyl (C=O) groups is 1. The number of nitrogens with zero attached hydrogens (tertiary/aromatic N) is 4. The number of urea groups is 1. The summed E-state index contributed by atoms with van der Waals surface area (Å²) in [4.78, 5) is 26.8. The van der Waals surface area contributed by atoms with Crippen LogP contribution in [0, 0.1) is 5.92 Å². The van der Waals surface area contributed by atoms with Gasteiger partial charge in [-0.15, -0.1) is 0 Å². The lowest BCUT2D eigenvalue weighted by molar-refractivity contribution is 0.205. The molecule has 0 saturated carbocycles. The van der Waals surface area contributed by atoms with Crippen LogP contribution in [-0.2, 0) is 13.0 Å². The number of nitrogens with one attached hydrogen (secondary N) is 1. The zero-order valence-corrected chi connectivity index (χ0v) is 21.3. The minimum absolute atomic E-state index is 0.201. The van der Waals surface area contributed by atoms with Crippen molar-refractivity contribution in [3.05, 3.63) is 64.8 Å². The van der Waals surface area contributed by atoms with E-state index in [1.54, 1.807) is 30.2 Å². The van der Waals surface area contributed by atoms with E-state index in [2.05, 4.69) is 17.1 Å². The normalized spacial score (nSPS) is 15.9. The third-order valence-electron chi connectivity index (χ3n) is 6.71. The summed E-state index contributed by atoms with van der Waals surface area (Å²) in [7, 11) is 1.63. The summed E-state index contributed by atoms with van der Waals surface area (Å²) in [5.41, 5.74) is 2.40. The number of ether oxygens (including phenoxy) is 2. The van der Waals surface area contributed by atoms with E-state index in [1.165, 1.54) is 0 Å². The maximum atomic E-state index is 13.0. The van der Waals surface area contributed by atoms with Gasteiger partial charge in [0.25, 0.3) is 0 Å². The molecule has 8 nitrogen and oxygen atoms in total. The summed E-state index contributed by atoms with van der Waals surface area (Å²) < 4.78 is 11.5. The van der Waals surface area contributed by atoms with Crippen LogP contribution in [0.1, 0.15) is 31.0 Å². The van der Waals surface area contributed by atoms with Gasteiger partial charge in [-0.25, -0.2) is 9.78 Å². The fourth-order valence-electron chi connectivity index (χ4n) is 4.50. The van der Waals surface area contributed by atoms with E-state index in [-0.39, 0.29) is 6.03 Å². The van der Waals surface area contributed by atoms with Crippen LogP contribution in [-0.4, -0.2) is 47.6 Å². The second-order valence-electron chi connectivity index (χ2n) is 9.31. The molecule has 3 heterocycles. The summed E-state index contributed by atoms with van der Waals surface area (Å²) in [6.07, 6.45) is 2.86. The Labute approximate surface area is 216 Å². The molecule has 1 aromatic heterocycles. The molecule has 9 heteroatoms. The Morgan fingerprint density at radius 3 is 2.53 bits per heavy atom. The SMILES string of the molecule is COc1ccc(Oc2nc(N3CCC(C)CC3)nc3c2CN(C(=O)Nc2cccc(Cl)c2)CC3)cc1. The van der Waals surface area contributed by atoms with E-state index < -0.39 is 0 Å². The number of aromatic nitrogens is 2. The molecule has 0 bridgehead atoms. The predicted molar refractivity (Wildman–Crippen MR) is 140 cm³/mol. The third-order valence-corrected chi connectivity index (χ3v) is 6.95. The monoisotopic (exact) mass is 507 g/mol. The number of piperidine rings is 1. The molecule has 0 atom stereocenters. The maximum absolute atomic E-state index is 13.0. The number of hydrogen-bond acceptors (Lipinski definition) is 6. The van der Waals surface area contributed by atoms with Crippen molar-refractivity contribution >= 4 is 29.3 Å². The fraction of sp³-hybridized carbons (Fsp3) is 0.370. The van der Waals surface area contributed by atoms with E-state index in [0.717, 1.165) is 42.9 Å². The van der Waals surface area contributed by atoms with Gasteiger partial charge in [0, 0.05) is 36.8 Å². The van der Waals surface area contributed by atoms with Crippen molar-refractivity contribution in [3.8, 4) is 17.4 Å². The molecule has 2 amide bonds. The average Bonchev–Trinajstić information content (AvgIpc) is 2.89. The quantitative estimate of drug-likeness (QED) is 0.473. The second kappa shape index (κ2) is 10.6. The molecule has 1 fully saturated rings. The largest absolute Gasteiger partial charge is 0.497 e. The van der Waals surface area contributed by atoms with Gasteiger partial charge < -0.3 is 24.6 Å². The van der Waals surface area contributed by atoms with E-state index in [1.807, 2.05) is 30.3 Å². The molecule has 1 N–H and O–H groups in total. The summed E-state index contributed by atoms with van der Waals surface area (Å²) in [6, 6.07) is 14.3. The first kappa shape index (κ1) is 24.2. The number of hydrogen-bond donors (Lipinski definition) is 1. The van der Waals surface area contributed by atoms with Crippen molar-refractivity contribution in [2.24, 2.45) is 5.92 Å². The molecule has 188 valence electrons. The number of carbonyl (C=O) groups excluding carboxylic acids is 1. The van der Waals surface area contributed by atoms with Gasteiger partial charge in [0.15, 0.2) is 0 Å². The van der Waals surface area contributed by atoms with E-state index in [0.29, 0.717) is 53.7 Å². The first-order chi connectivity index (χ1) is 17.5. The lowest BCUT2D eigenvalue weighted by Crippen LogP contribution is -2.40. The van der Waals surface area contributed by atoms with Gasteiger partial charge in [-0.1, -0.05) is 24.6 Å². The van der Waals surface area contributed by atoms with Crippen LogP contribution >= 0.6 is 11.6 Å². The lowest BCUT2D eigenvalue weighted by atomic mass is 9.99. The molecular formula is C27H30ClN5O3. The Bertz CT molecular complexity index is 1230. The first-order valence-electron chi connectivity index (χ1n) is 12.3. The summed E-state index contributed by atoms with van der Waals surface area (Å²) in [5.74, 6) is 3.29. The van der Waals surface area contributed by atoms with Crippen LogP contribution < -0.4 is 19.7 Å². The second-order valence-corrected chi connectivity index (χ2v) is 9.75. The highest BCUT2D eigenvalue weighted by Crippen LogP contribution is 2.33. The van der Waals surface area contributed by atoms with Crippen LogP contribution in [0.4, 0.5) is 16.4 Å². The van der Waals surface area contributed by atoms with Gasteiger partial charge in [-0.3, -0.25) is 0 Å². The van der Waals surface area contributed by atoms with Crippen LogP contribution in [0.2, 0.25) is 5.02 Å². The Morgan fingerprint density at radius 2 is 1.81 bits per heavy atom. The molecule has 3 aromatic rings. The van der Waals surface area contributed by atoms with Gasteiger partial charge >= 0.3 is 6.03 Å². The van der Waals surface area contributed by atoms with E-state index in [9.17, 15) is 4.79 Å². The van der Waals surface area contributed by atoms with Crippen LogP contribution in [0.3, 0.4) is 0 Å². The van der Waals surface area contributed by atoms with E-state index >= 15 is 0 Å². The van der Waals surface area contributed by atoms with Crippen molar-refractivity contribution < 1.29 is 14.3 Å². The molecule has 0 spiro atoms. The Kier molecular flexibility index (Phi) is 7.13. The third kappa shape index (κ3) is 5.49. The molecule has 2 aliphatic rings. The molecule has 2 aromatic carbocycles. The van der Waals surface area contributed by atoms with Crippen molar-refractivity contribution in [3.63, 3.8) is 0 Å². The summed E-state index contributed by atoms with van der Waals surface area (Å²) >= 11 is 6.07. The van der Waals surface area contributed by atoms with Crippen molar-refractivity contribution in [1.82, 2.24) is 14.9 Å². The highest BCUT2D eigenvalue weighted by atomic mass is 35.5. The van der Waals surface area contributed by atoms with Gasteiger partial charge in [-0.2, -0.15) is 4.98 Å². The first-order valence-corrected chi connectivity index (χ1v) is 12.6. The highest BCUT2D eigenvalue weighted by molar-refractivity contribution is 6.30. The predicted octanol–water partition coefficient (Wildman–Crippen LogP) is 5.76. The van der Waals surface area contributed by atoms with E-state index in [4.69, 9.17) is 31.0 Å². The number of methoxy groups -OCH3 is 1. The molecule has 1 saturated heterocycles. The molecule has 36 heavy (non-hydrogen) atoms. The Morgan fingerprint density at radius 1 is 1.06 bits per heavy atom. The fourth-order valence-corrected chi connectivity index (χ4v) is 4.69. The van der Waals surface area contributed by atoms with Crippen molar-refractivity contribution in [2.45, 2.75) is 32.7 Å². The number of halogens is 1. The molecule has 0 unspecified atom stereocenters. The maximum Gasteiger partial charge on any atom is 0.322 e. The number of anilines is 2. The van der Waals surface area contributed by atoms with Gasteiger partial charge in [0.2, 0.25) is 11.8 Å².